The quantitative estimate of drug-likeness (QED) is 0.459. The van der Waals surface area contributed by atoms with Crippen molar-refractivity contribution in [3.8, 4) is 11.3 Å². The van der Waals surface area contributed by atoms with E-state index in [1.807, 2.05) is 6.07 Å². The molecule has 2 aromatic carbocycles. The maximum atomic E-state index is 6.31. The maximum absolute atomic E-state index is 6.31. The van der Waals surface area contributed by atoms with Crippen LogP contribution in [0.3, 0.4) is 0 Å². The zero-order valence-corrected chi connectivity index (χ0v) is 18.5. The Morgan fingerprint density at radius 1 is 0.926 bits per heavy atom. The molecule has 27 heavy (non-hydrogen) atoms. The van der Waals surface area contributed by atoms with E-state index in [9.17, 15) is 0 Å². The van der Waals surface area contributed by atoms with Gasteiger partial charge < -0.3 is 4.43 Å². The van der Waals surface area contributed by atoms with Crippen molar-refractivity contribution in [2.75, 3.05) is 6.61 Å². The SMILES string of the molecule is CC(C)(C)[Si](C)(C)OCCc1ccc2cc(-c3ccc(Cl)nn3)ccc2c1. The second kappa shape index (κ2) is 7.70. The van der Waals surface area contributed by atoms with Crippen LogP contribution in [0.1, 0.15) is 26.3 Å². The summed E-state index contributed by atoms with van der Waals surface area (Å²) in [5.74, 6) is 0. The van der Waals surface area contributed by atoms with E-state index in [-0.39, 0.29) is 5.04 Å². The number of hydrogen-bond donors (Lipinski definition) is 0. The molecule has 0 aliphatic rings. The summed E-state index contributed by atoms with van der Waals surface area (Å²) in [5.41, 5.74) is 3.18. The van der Waals surface area contributed by atoms with Crippen LogP contribution in [0.4, 0.5) is 0 Å². The molecule has 1 heterocycles. The molecule has 0 fully saturated rings. The molecule has 0 radical (unpaired) electrons. The van der Waals surface area contributed by atoms with Crippen LogP contribution in [-0.4, -0.2) is 25.1 Å². The summed E-state index contributed by atoms with van der Waals surface area (Å²) in [6, 6.07) is 16.6. The second-order valence-corrected chi connectivity index (χ2v) is 13.7. The zero-order valence-electron chi connectivity index (χ0n) is 16.7. The molecular weight excluding hydrogens is 372 g/mol. The minimum Gasteiger partial charge on any atom is -0.416 e. The van der Waals surface area contributed by atoms with Gasteiger partial charge in [0.25, 0.3) is 0 Å². The smallest absolute Gasteiger partial charge is 0.191 e. The second-order valence-electron chi connectivity index (χ2n) is 8.50. The molecule has 0 bridgehead atoms. The summed E-state index contributed by atoms with van der Waals surface area (Å²) in [4.78, 5) is 0. The van der Waals surface area contributed by atoms with Crippen LogP contribution in [0.2, 0.25) is 23.3 Å². The lowest BCUT2D eigenvalue weighted by atomic mass is 10.0. The number of benzene rings is 2. The van der Waals surface area contributed by atoms with Gasteiger partial charge in [0.1, 0.15) is 0 Å². The summed E-state index contributed by atoms with van der Waals surface area (Å²) in [6.07, 6.45) is 0.937. The van der Waals surface area contributed by atoms with Crippen molar-refractivity contribution < 1.29 is 4.43 Å². The van der Waals surface area contributed by atoms with Crippen LogP contribution in [0.15, 0.2) is 48.5 Å². The van der Waals surface area contributed by atoms with Gasteiger partial charge >= 0.3 is 0 Å². The molecule has 3 rings (SSSR count). The highest BCUT2D eigenvalue weighted by molar-refractivity contribution is 6.74. The average Bonchev–Trinajstić information content (AvgIpc) is 2.61. The van der Waals surface area contributed by atoms with E-state index in [1.165, 1.54) is 16.3 Å². The Hall–Kier alpha value is -1.75. The minimum atomic E-state index is -1.68. The zero-order chi connectivity index (χ0) is 19.7. The van der Waals surface area contributed by atoms with Gasteiger partial charge in [-0.3, -0.25) is 0 Å². The van der Waals surface area contributed by atoms with Gasteiger partial charge in [0.05, 0.1) is 5.69 Å². The predicted octanol–water partition coefficient (Wildman–Crippen LogP) is 6.51. The van der Waals surface area contributed by atoms with Gasteiger partial charge in [0, 0.05) is 12.2 Å². The molecule has 0 atom stereocenters. The van der Waals surface area contributed by atoms with Crippen molar-refractivity contribution in [3.63, 3.8) is 0 Å². The van der Waals surface area contributed by atoms with Gasteiger partial charge in [0.15, 0.2) is 13.5 Å². The van der Waals surface area contributed by atoms with Crippen molar-refractivity contribution in [3.05, 3.63) is 59.2 Å². The summed E-state index contributed by atoms with van der Waals surface area (Å²) >= 11 is 5.82. The van der Waals surface area contributed by atoms with E-state index in [1.54, 1.807) is 6.07 Å². The van der Waals surface area contributed by atoms with Gasteiger partial charge in [0.2, 0.25) is 0 Å². The van der Waals surface area contributed by atoms with Crippen molar-refractivity contribution >= 4 is 30.7 Å². The van der Waals surface area contributed by atoms with E-state index < -0.39 is 8.32 Å². The molecule has 0 aliphatic carbocycles. The molecule has 0 N–H and O–H groups in total. The average molecular weight is 399 g/mol. The molecule has 142 valence electrons. The Morgan fingerprint density at radius 3 is 2.30 bits per heavy atom. The first-order chi connectivity index (χ1) is 12.7. The fourth-order valence-electron chi connectivity index (χ4n) is 2.72. The highest BCUT2D eigenvalue weighted by Crippen LogP contribution is 2.36. The maximum Gasteiger partial charge on any atom is 0.191 e. The van der Waals surface area contributed by atoms with Crippen molar-refractivity contribution in [1.29, 1.82) is 0 Å². The molecule has 3 aromatic rings. The molecule has 0 unspecified atom stereocenters. The number of rotatable bonds is 5. The first-order valence-electron chi connectivity index (χ1n) is 9.32. The van der Waals surface area contributed by atoms with Crippen LogP contribution in [0.5, 0.6) is 0 Å². The van der Waals surface area contributed by atoms with E-state index in [2.05, 4.69) is 80.5 Å². The van der Waals surface area contributed by atoms with Crippen LogP contribution in [0, 0.1) is 0 Å². The molecule has 0 saturated carbocycles. The van der Waals surface area contributed by atoms with Crippen molar-refractivity contribution in [2.45, 2.75) is 45.3 Å². The van der Waals surface area contributed by atoms with Gasteiger partial charge in [-0.2, -0.15) is 0 Å². The molecule has 0 saturated heterocycles. The molecule has 0 spiro atoms. The van der Waals surface area contributed by atoms with Crippen molar-refractivity contribution in [2.24, 2.45) is 0 Å². The Kier molecular flexibility index (Phi) is 5.70. The van der Waals surface area contributed by atoms with Crippen LogP contribution >= 0.6 is 11.6 Å². The fraction of sp³-hybridized carbons (Fsp3) is 0.364. The van der Waals surface area contributed by atoms with E-state index in [0.29, 0.717) is 5.15 Å². The van der Waals surface area contributed by atoms with E-state index in [4.69, 9.17) is 16.0 Å². The lowest BCUT2D eigenvalue weighted by molar-refractivity contribution is 0.292. The largest absolute Gasteiger partial charge is 0.416 e. The highest BCUT2D eigenvalue weighted by Gasteiger charge is 2.36. The van der Waals surface area contributed by atoms with Crippen molar-refractivity contribution in [1.82, 2.24) is 10.2 Å². The van der Waals surface area contributed by atoms with E-state index in [0.717, 1.165) is 24.3 Å². The molecule has 0 amide bonds. The number of nitrogens with zero attached hydrogens (tertiary/aromatic N) is 2. The van der Waals surface area contributed by atoms with Crippen LogP contribution < -0.4 is 0 Å². The Balaban J connectivity index is 1.73. The number of aromatic nitrogens is 2. The van der Waals surface area contributed by atoms with Gasteiger partial charge in [-0.25, -0.2) is 0 Å². The molecular formula is C22H27ClN2OSi. The summed E-state index contributed by atoms with van der Waals surface area (Å²) in [6.45, 7) is 12.2. The Morgan fingerprint density at radius 2 is 1.63 bits per heavy atom. The Labute approximate surface area is 167 Å². The third kappa shape index (κ3) is 4.75. The predicted molar refractivity (Wildman–Crippen MR) is 117 cm³/mol. The third-order valence-corrected chi connectivity index (χ3v) is 10.2. The lowest BCUT2D eigenvalue weighted by Crippen LogP contribution is -2.41. The normalized spacial score (nSPS) is 12.5. The summed E-state index contributed by atoms with van der Waals surface area (Å²) in [7, 11) is -1.68. The van der Waals surface area contributed by atoms with Gasteiger partial charge in [-0.05, 0) is 59.1 Å². The summed E-state index contributed by atoms with van der Waals surface area (Å²) < 4.78 is 6.31. The number of hydrogen-bond acceptors (Lipinski definition) is 3. The standard InChI is InChI=1S/C22H27ClN2OSi/c1-22(2,3)27(4,5)26-13-12-16-6-7-18-15-19(9-8-17(18)14-16)20-10-11-21(23)25-24-20/h6-11,14-15H,12-13H2,1-5H3. The molecule has 1 aromatic heterocycles. The van der Waals surface area contributed by atoms with Crippen LogP contribution in [-0.2, 0) is 10.8 Å². The molecule has 0 aliphatic heterocycles. The van der Waals surface area contributed by atoms with Crippen LogP contribution in [0.25, 0.3) is 22.0 Å². The first-order valence-corrected chi connectivity index (χ1v) is 12.6. The summed E-state index contributed by atoms with van der Waals surface area (Å²) in [5, 5.41) is 11.2. The third-order valence-electron chi connectivity index (χ3n) is 5.49. The molecule has 5 heteroatoms. The van der Waals surface area contributed by atoms with E-state index >= 15 is 0 Å². The topological polar surface area (TPSA) is 35.0 Å². The first kappa shape index (κ1) is 20.0. The minimum absolute atomic E-state index is 0.247. The lowest BCUT2D eigenvalue weighted by Gasteiger charge is -2.36. The number of fused-ring (bicyclic) bond motifs is 1. The molecule has 3 nitrogen and oxygen atoms in total. The Bertz CT molecular complexity index is 933. The number of halogens is 1. The van der Waals surface area contributed by atoms with Gasteiger partial charge in [-0.15, -0.1) is 10.2 Å². The highest BCUT2D eigenvalue weighted by atomic mass is 35.5. The van der Waals surface area contributed by atoms with Gasteiger partial charge in [-0.1, -0.05) is 62.7 Å². The fourth-order valence-corrected chi connectivity index (χ4v) is 3.87. The monoisotopic (exact) mass is 398 g/mol.